The number of nitrogens with zero attached hydrogens (tertiary/aromatic N) is 2. The van der Waals surface area contributed by atoms with Gasteiger partial charge >= 0.3 is 0 Å². The number of hydrogen-bond donors (Lipinski definition) is 1. The van der Waals surface area contributed by atoms with E-state index in [1.165, 1.54) is 6.20 Å². The van der Waals surface area contributed by atoms with Gasteiger partial charge in [0.1, 0.15) is 5.69 Å². The fourth-order valence-corrected chi connectivity index (χ4v) is 2.92. The first-order valence-electron chi connectivity index (χ1n) is 5.19. The summed E-state index contributed by atoms with van der Waals surface area (Å²) in [7, 11) is -2.90. The van der Waals surface area contributed by atoms with E-state index in [0.29, 0.717) is 13.1 Å². The van der Waals surface area contributed by atoms with Crippen LogP contribution in [0.5, 0.6) is 0 Å². The first kappa shape index (κ1) is 11.8. The minimum atomic E-state index is -2.90. The molecule has 1 saturated heterocycles. The van der Waals surface area contributed by atoms with Crippen LogP contribution in [0.4, 0.5) is 5.69 Å². The normalized spacial score (nSPS) is 18.9. The summed E-state index contributed by atoms with van der Waals surface area (Å²) in [4.78, 5) is 16.7. The summed E-state index contributed by atoms with van der Waals surface area (Å²) < 4.78 is 22.6. The molecule has 0 radical (unpaired) electrons. The molecule has 6 nitrogen and oxygen atoms in total. The number of carbonyl (C=O) groups excluding carboxylic acids is 1. The van der Waals surface area contributed by atoms with Crippen molar-refractivity contribution in [2.24, 2.45) is 5.73 Å². The number of rotatable bonds is 2. The number of aromatic nitrogens is 1. The molecule has 7 heteroatoms. The van der Waals surface area contributed by atoms with E-state index in [0.717, 1.165) is 5.69 Å². The molecule has 17 heavy (non-hydrogen) atoms. The molecule has 2 heterocycles. The lowest BCUT2D eigenvalue weighted by Gasteiger charge is -2.28. The molecule has 2 N–H and O–H groups in total. The smallest absolute Gasteiger partial charge is 0.267 e. The quantitative estimate of drug-likeness (QED) is 0.762. The lowest BCUT2D eigenvalue weighted by molar-refractivity contribution is 0.0995. The second-order valence-electron chi connectivity index (χ2n) is 3.90. The zero-order valence-corrected chi connectivity index (χ0v) is 9.98. The van der Waals surface area contributed by atoms with E-state index in [1.807, 2.05) is 4.90 Å². The minimum absolute atomic E-state index is 0.140. The van der Waals surface area contributed by atoms with Crippen molar-refractivity contribution in [2.45, 2.75) is 0 Å². The lowest BCUT2D eigenvalue weighted by Crippen LogP contribution is -2.40. The molecule has 92 valence electrons. The van der Waals surface area contributed by atoms with Crippen LogP contribution in [0.25, 0.3) is 0 Å². The van der Waals surface area contributed by atoms with E-state index < -0.39 is 15.7 Å². The number of anilines is 1. The van der Waals surface area contributed by atoms with E-state index in [4.69, 9.17) is 5.73 Å². The molecular formula is C10H13N3O3S. The van der Waals surface area contributed by atoms with E-state index in [1.54, 1.807) is 12.1 Å². The molecule has 1 amide bonds. The topological polar surface area (TPSA) is 93.4 Å². The molecule has 1 aliphatic rings. The molecule has 1 aromatic rings. The maximum absolute atomic E-state index is 11.3. The predicted molar refractivity (Wildman–Crippen MR) is 63.6 cm³/mol. The minimum Gasteiger partial charge on any atom is -0.369 e. The van der Waals surface area contributed by atoms with Crippen molar-refractivity contribution in [1.82, 2.24) is 4.98 Å². The molecule has 0 aromatic carbocycles. The van der Waals surface area contributed by atoms with Crippen molar-refractivity contribution in [3.63, 3.8) is 0 Å². The SMILES string of the molecule is NC(=O)c1cc(N2CCS(=O)(=O)CC2)ccn1. The van der Waals surface area contributed by atoms with Crippen LogP contribution in [-0.4, -0.2) is 43.9 Å². The highest BCUT2D eigenvalue weighted by Gasteiger charge is 2.22. The third kappa shape index (κ3) is 2.73. The number of amides is 1. The molecular weight excluding hydrogens is 242 g/mol. The van der Waals surface area contributed by atoms with Gasteiger partial charge in [0.25, 0.3) is 5.91 Å². The van der Waals surface area contributed by atoms with Gasteiger partial charge < -0.3 is 10.6 Å². The number of hydrogen-bond acceptors (Lipinski definition) is 5. The summed E-state index contributed by atoms with van der Waals surface area (Å²) in [5, 5.41) is 0. The molecule has 2 rings (SSSR count). The van der Waals surface area contributed by atoms with Crippen LogP contribution in [0.3, 0.4) is 0 Å². The highest BCUT2D eigenvalue weighted by molar-refractivity contribution is 7.91. The van der Waals surface area contributed by atoms with Crippen LogP contribution in [0, 0.1) is 0 Å². The standard InChI is InChI=1S/C10H13N3O3S/c11-10(14)9-7-8(1-2-12-9)13-3-5-17(15,16)6-4-13/h1-2,7H,3-6H2,(H2,11,14). The molecule has 0 saturated carbocycles. The third-order valence-electron chi connectivity index (χ3n) is 2.71. The lowest BCUT2D eigenvalue weighted by atomic mass is 10.2. The van der Waals surface area contributed by atoms with E-state index in [-0.39, 0.29) is 17.2 Å². The van der Waals surface area contributed by atoms with Gasteiger partial charge in [-0.05, 0) is 12.1 Å². The number of carbonyl (C=O) groups is 1. The fourth-order valence-electron chi connectivity index (χ4n) is 1.72. The van der Waals surface area contributed by atoms with E-state index >= 15 is 0 Å². The first-order valence-corrected chi connectivity index (χ1v) is 7.01. The average molecular weight is 255 g/mol. The van der Waals surface area contributed by atoms with Crippen molar-refractivity contribution in [1.29, 1.82) is 0 Å². The summed E-state index contributed by atoms with van der Waals surface area (Å²) in [6, 6.07) is 3.32. The van der Waals surface area contributed by atoms with Gasteiger partial charge in [-0.3, -0.25) is 9.78 Å². The van der Waals surface area contributed by atoms with Crippen LogP contribution < -0.4 is 10.6 Å². The van der Waals surface area contributed by atoms with Crippen LogP contribution >= 0.6 is 0 Å². The van der Waals surface area contributed by atoms with Crippen LogP contribution in [-0.2, 0) is 9.84 Å². The number of pyridine rings is 1. The molecule has 0 aliphatic carbocycles. The zero-order chi connectivity index (χ0) is 12.5. The van der Waals surface area contributed by atoms with Gasteiger partial charge in [-0.1, -0.05) is 0 Å². The third-order valence-corrected chi connectivity index (χ3v) is 4.31. The second-order valence-corrected chi connectivity index (χ2v) is 6.21. The Morgan fingerprint density at radius 1 is 1.35 bits per heavy atom. The predicted octanol–water partition coefficient (Wildman–Crippen LogP) is -0.585. The molecule has 0 atom stereocenters. The van der Waals surface area contributed by atoms with Crippen molar-refractivity contribution in [2.75, 3.05) is 29.5 Å². The highest BCUT2D eigenvalue weighted by atomic mass is 32.2. The second kappa shape index (κ2) is 4.33. The molecule has 1 aromatic heterocycles. The molecule has 0 spiro atoms. The Hall–Kier alpha value is -1.63. The Kier molecular flexibility index (Phi) is 3.01. The van der Waals surface area contributed by atoms with Gasteiger partial charge in [-0.15, -0.1) is 0 Å². The van der Waals surface area contributed by atoms with Crippen LogP contribution in [0.1, 0.15) is 10.5 Å². The van der Waals surface area contributed by atoms with Crippen LogP contribution in [0.15, 0.2) is 18.3 Å². The van der Waals surface area contributed by atoms with Crippen molar-refractivity contribution >= 4 is 21.4 Å². The Labute approximate surface area is 99.4 Å². The summed E-state index contributed by atoms with van der Waals surface area (Å²) in [6.07, 6.45) is 1.50. The highest BCUT2D eigenvalue weighted by Crippen LogP contribution is 2.17. The maximum atomic E-state index is 11.3. The van der Waals surface area contributed by atoms with E-state index in [9.17, 15) is 13.2 Å². The van der Waals surface area contributed by atoms with Crippen molar-refractivity contribution in [3.8, 4) is 0 Å². The van der Waals surface area contributed by atoms with Gasteiger partial charge in [0, 0.05) is 25.0 Å². The number of primary amides is 1. The summed E-state index contributed by atoms with van der Waals surface area (Å²) in [6.45, 7) is 0.870. The Morgan fingerprint density at radius 2 is 2.00 bits per heavy atom. The Bertz CT molecular complexity index is 527. The molecule has 1 fully saturated rings. The zero-order valence-electron chi connectivity index (χ0n) is 9.17. The van der Waals surface area contributed by atoms with Gasteiger partial charge in [0.05, 0.1) is 11.5 Å². The van der Waals surface area contributed by atoms with Crippen molar-refractivity contribution < 1.29 is 13.2 Å². The number of sulfone groups is 1. The Morgan fingerprint density at radius 3 is 2.59 bits per heavy atom. The molecule has 0 unspecified atom stereocenters. The summed E-state index contributed by atoms with van der Waals surface area (Å²) in [5.41, 5.74) is 6.11. The molecule has 1 aliphatic heterocycles. The fraction of sp³-hybridized carbons (Fsp3) is 0.400. The summed E-state index contributed by atoms with van der Waals surface area (Å²) >= 11 is 0. The Balaban J connectivity index is 2.18. The first-order chi connectivity index (χ1) is 7.98. The molecule has 0 bridgehead atoms. The van der Waals surface area contributed by atoms with E-state index in [2.05, 4.69) is 4.98 Å². The van der Waals surface area contributed by atoms with Gasteiger partial charge in [-0.2, -0.15) is 0 Å². The monoisotopic (exact) mass is 255 g/mol. The largest absolute Gasteiger partial charge is 0.369 e. The van der Waals surface area contributed by atoms with Crippen LogP contribution in [0.2, 0.25) is 0 Å². The van der Waals surface area contributed by atoms with Gasteiger partial charge in [-0.25, -0.2) is 8.42 Å². The maximum Gasteiger partial charge on any atom is 0.267 e. The average Bonchev–Trinajstić information content (AvgIpc) is 2.29. The van der Waals surface area contributed by atoms with Gasteiger partial charge in [0.15, 0.2) is 9.84 Å². The van der Waals surface area contributed by atoms with Crippen molar-refractivity contribution in [3.05, 3.63) is 24.0 Å². The van der Waals surface area contributed by atoms with Gasteiger partial charge in [0.2, 0.25) is 0 Å². The summed E-state index contributed by atoms with van der Waals surface area (Å²) in [5.74, 6) is -0.306. The number of nitrogens with two attached hydrogens (primary N) is 1.